The molecular formula is C15H18N2O6. The van der Waals surface area contributed by atoms with E-state index < -0.39 is 36.3 Å². The number of ether oxygens (including phenoxy) is 3. The maximum absolute atomic E-state index is 11.7. The maximum Gasteiger partial charge on any atom is 0.419 e. The monoisotopic (exact) mass is 322 g/mol. The van der Waals surface area contributed by atoms with Gasteiger partial charge in [-0.25, -0.2) is 4.79 Å². The Morgan fingerprint density at radius 1 is 1.48 bits per heavy atom. The molecule has 1 aliphatic rings. The lowest BCUT2D eigenvalue weighted by atomic mass is 10.0. The van der Waals surface area contributed by atoms with E-state index in [1.54, 1.807) is 31.2 Å². The number of rotatable bonds is 5. The number of nitrogens with zero attached hydrogens (tertiary/aromatic N) is 2. The van der Waals surface area contributed by atoms with E-state index >= 15 is 0 Å². The lowest BCUT2D eigenvalue weighted by Gasteiger charge is -2.35. The number of aliphatic hydroxyl groups excluding tert-OH is 2. The van der Waals surface area contributed by atoms with Gasteiger partial charge in [0.05, 0.1) is 13.2 Å². The molecule has 1 unspecified atom stereocenters. The summed E-state index contributed by atoms with van der Waals surface area (Å²) in [6, 6.07) is 8.93. The van der Waals surface area contributed by atoms with Gasteiger partial charge in [0, 0.05) is 5.56 Å². The third-order valence-electron chi connectivity index (χ3n) is 3.33. The molecule has 2 rings (SSSR count). The Labute approximate surface area is 132 Å². The van der Waals surface area contributed by atoms with Crippen LogP contribution in [-0.2, 0) is 19.0 Å². The summed E-state index contributed by atoms with van der Waals surface area (Å²) in [6.07, 6.45) is -4.88. The van der Waals surface area contributed by atoms with Crippen LogP contribution in [0.5, 0.6) is 0 Å². The summed E-state index contributed by atoms with van der Waals surface area (Å²) in [7, 11) is 0. The lowest BCUT2D eigenvalue weighted by molar-refractivity contribution is -0.271. The normalized spacial score (nSPS) is 25.3. The van der Waals surface area contributed by atoms with Gasteiger partial charge in [0.2, 0.25) is 0 Å². The standard InChI is InChI=1S/C15H18N2O6/c1-2-21-14(20)11(17-16)12(19)13-10(18)8-22-15(23-13)9-6-4-3-5-7-9/h3-7,10,12-13,15,18-19H,2,8H2,1H3/t10-,12-,13-,15?/m1/s1. The van der Waals surface area contributed by atoms with Crippen LogP contribution in [0.3, 0.4) is 0 Å². The van der Waals surface area contributed by atoms with Crippen molar-refractivity contribution in [3.05, 3.63) is 41.4 Å². The van der Waals surface area contributed by atoms with Gasteiger partial charge in [0.1, 0.15) is 12.2 Å². The number of carbonyl (C=O) groups is 1. The van der Waals surface area contributed by atoms with Crippen LogP contribution in [0.4, 0.5) is 0 Å². The van der Waals surface area contributed by atoms with Crippen LogP contribution in [0.2, 0.25) is 0 Å². The zero-order valence-corrected chi connectivity index (χ0v) is 12.5. The van der Waals surface area contributed by atoms with Gasteiger partial charge in [-0.15, -0.1) is 0 Å². The van der Waals surface area contributed by atoms with Gasteiger partial charge < -0.3 is 30.0 Å². The van der Waals surface area contributed by atoms with Crippen LogP contribution < -0.4 is 0 Å². The van der Waals surface area contributed by atoms with E-state index in [0.29, 0.717) is 5.56 Å². The van der Waals surface area contributed by atoms with Crippen LogP contribution in [-0.4, -0.2) is 58.2 Å². The van der Waals surface area contributed by atoms with Crippen LogP contribution in [0, 0.1) is 0 Å². The number of benzene rings is 1. The molecule has 1 aliphatic heterocycles. The second kappa shape index (κ2) is 7.96. The molecule has 1 saturated heterocycles. The highest BCUT2D eigenvalue weighted by Gasteiger charge is 2.45. The largest absolute Gasteiger partial charge is 0.457 e. The Morgan fingerprint density at radius 3 is 2.78 bits per heavy atom. The quantitative estimate of drug-likeness (QED) is 0.342. The summed E-state index contributed by atoms with van der Waals surface area (Å²) in [5.74, 6) is -0.985. The van der Waals surface area contributed by atoms with Crippen LogP contribution >= 0.6 is 0 Å². The minimum Gasteiger partial charge on any atom is -0.457 e. The highest BCUT2D eigenvalue weighted by Crippen LogP contribution is 2.28. The number of esters is 1. The van der Waals surface area contributed by atoms with Crippen molar-refractivity contribution in [2.75, 3.05) is 13.2 Å². The lowest BCUT2D eigenvalue weighted by Crippen LogP contribution is -2.52. The first-order valence-corrected chi connectivity index (χ1v) is 7.15. The average molecular weight is 322 g/mol. The molecule has 1 fully saturated rings. The average Bonchev–Trinajstić information content (AvgIpc) is 2.57. The molecule has 0 radical (unpaired) electrons. The van der Waals surface area contributed by atoms with Crippen molar-refractivity contribution < 1.29 is 34.0 Å². The number of carbonyl (C=O) groups excluding carboxylic acids is 1. The highest BCUT2D eigenvalue weighted by atomic mass is 16.7. The summed E-state index contributed by atoms with van der Waals surface area (Å²) >= 11 is 0. The van der Waals surface area contributed by atoms with Crippen molar-refractivity contribution in [3.8, 4) is 0 Å². The summed E-state index contributed by atoms with van der Waals surface area (Å²) in [5.41, 5.74) is 9.01. The molecule has 0 aliphatic carbocycles. The highest BCUT2D eigenvalue weighted by molar-refractivity contribution is 6.35. The van der Waals surface area contributed by atoms with Gasteiger partial charge in [-0.1, -0.05) is 30.3 Å². The van der Waals surface area contributed by atoms with E-state index in [-0.39, 0.29) is 13.2 Å². The van der Waals surface area contributed by atoms with Crippen LogP contribution in [0.1, 0.15) is 18.8 Å². The van der Waals surface area contributed by atoms with Crippen LogP contribution in [0.25, 0.3) is 5.53 Å². The van der Waals surface area contributed by atoms with Gasteiger partial charge in [-0.2, -0.15) is 4.79 Å². The molecule has 124 valence electrons. The van der Waals surface area contributed by atoms with Crippen molar-refractivity contribution in [2.24, 2.45) is 0 Å². The minimum absolute atomic E-state index is 0.0500. The van der Waals surface area contributed by atoms with Crippen molar-refractivity contribution in [1.29, 1.82) is 0 Å². The molecule has 2 N–H and O–H groups in total. The molecule has 8 nitrogen and oxygen atoms in total. The first kappa shape index (κ1) is 17.3. The van der Waals surface area contributed by atoms with Gasteiger partial charge in [-0.05, 0) is 6.92 Å². The number of aliphatic hydroxyl groups is 2. The molecule has 0 aromatic heterocycles. The van der Waals surface area contributed by atoms with Gasteiger partial charge >= 0.3 is 11.7 Å². The third kappa shape index (κ3) is 4.01. The van der Waals surface area contributed by atoms with E-state index in [4.69, 9.17) is 19.7 Å². The Morgan fingerprint density at radius 2 is 2.17 bits per heavy atom. The predicted molar refractivity (Wildman–Crippen MR) is 77.3 cm³/mol. The van der Waals surface area contributed by atoms with Crippen molar-refractivity contribution in [3.63, 3.8) is 0 Å². The molecule has 4 atom stereocenters. The Bertz CT molecular complexity index is 587. The Hall–Kier alpha value is -2.09. The molecule has 1 heterocycles. The molecule has 1 aromatic rings. The minimum atomic E-state index is -1.66. The summed E-state index contributed by atoms with van der Waals surface area (Å²) in [6.45, 7) is 1.52. The van der Waals surface area contributed by atoms with E-state index in [1.807, 2.05) is 6.07 Å². The summed E-state index contributed by atoms with van der Waals surface area (Å²) < 4.78 is 15.6. The molecule has 8 heteroatoms. The molecule has 0 amide bonds. The maximum atomic E-state index is 11.7. The molecule has 0 bridgehead atoms. The van der Waals surface area contributed by atoms with Crippen molar-refractivity contribution in [1.82, 2.24) is 0 Å². The molecule has 0 spiro atoms. The van der Waals surface area contributed by atoms with Gasteiger partial charge in [0.15, 0.2) is 12.4 Å². The SMILES string of the molecule is CCOC(=O)C(=[N+]=[N-])[C@@H](O)[C@@H]1OC(c2ccccc2)OC[C@H]1O. The second-order valence-electron chi connectivity index (χ2n) is 4.89. The zero-order valence-electron chi connectivity index (χ0n) is 12.5. The summed E-state index contributed by atoms with van der Waals surface area (Å²) in [4.78, 5) is 14.4. The van der Waals surface area contributed by atoms with Gasteiger partial charge in [0.25, 0.3) is 0 Å². The topological polar surface area (TPSA) is 122 Å². The number of hydrogen-bond acceptors (Lipinski definition) is 6. The molecule has 23 heavy (non-hydrogen) atoms. The Kier molecular flexibility index (Phi) is 5.97. The van der Waals surface area contributed by atoms with E-state index in [2.05, 4.69) is 4.79 Å². The van der Waals surface area contributed by atoms with E-state index in [1.165, 1.54) is 0 Å². The fraction of sp³-hybridized carbons (Fsp3) is 0.467. The van der Waals surface area contributed by atoms with Crippen molar-refractivity contribution >= 4 is 11.7 Å². The molecular weight excluding hydrogens is 304 g/mol. The second-order valence-corrected chi connectivity index (χ2v) is 4.89. The molecule has 0 saturated carbocycles. The fourth-order valence-electron chi connectivity index (χ4n) is 2.20. The smallest absolute Gasteiger partial charge is 0.419 e. The fourth-order valence-corrected chi connectivity index (χ4v) is 2.20. The first-order chi connectivity index (χ1) is 11.1. The number of hydrogen-bond donors (Lipinski definition) is 2. The summed E-state index contributed by atoms with van der Waals surface area (Å²) in [5, 5.41) is 20.2. The van der Waals surface area contributed by atoms with Crippen molar-refractivity contribution in [2.45, 2.75) is 31.5 Å². The van der Waals surface area contributed by atoms with Crippen LogP contribution in [0.15, 0.2) is 30.3 Å². The third-order valence-corrected chi connectivity index (χ3v) is 3.33. The molecule has 1 aromatic carbocycles. The Balaban J connectivity index is 2.16. The predicted octanol–water partition coefficient (Wildman–Crippen LogP) is 0.0563. The van der Waals surface area contributed by atoms with Gasteiger partial charge in [-0.3, -0.25) is 0 Å². The van der Waals surface area contributed by atoms with E-state index in [0.717, 1.165) is 0 Å². The van der Waals surface area contributed by atoms with E-state index in [9.17, 15) is 15.0 Å². The zero-order chi connectivity index (χ0) is 16.8. The first-order valence-electron chi connectivity index (χ1n) is 7.15.